The zero-order valence-electron chi connectivity index (χ0n) is 8.25. The molecule has 0 atom stereocenters. The summed E-state index contributed by atoms with van der Waals surface area (Å²) in [7, 11) is 0. The average Bonchev–Trinajstić information content (AvgIpc) is 2.19. The quantitative estimate of drug-likeness (QED) is 0.782. The van der Waals surface area contributed by atoms with Crippen LogP contribution in [0.5, 0.6) is 0 Å². The molecule has 1 heterocycles. The van der Waals surface area contributed by atoms with E-state index in [1.165, 1.54) is 0 Å². The molecule has 0 aliphatic heterocycles. The lowest BCUT2D eigenvalue weighted by Gasteiger charge is -2.19. The second kappa shape index (κ2) is 4.42. The molecule has 1 aromatic rings. The number of carbonyl (C=O) groups is 1. The Morgan fingerprint density at radius 1 is 1.64 bits per heavy atom. The summed E-state index contributed by atoms with van der Waals surface area (Å²) in [4.78, 5) is 15.5. The third kappa shape index (κ3) is 2.70. The van der Waals surface area contributed by atoms with Gasteiger partial charge in [-0.3, -0.25) is 9.78 Å². The van der Waals surface area contributed by atoms with Crippen LogP contribution in [0.4, 0.5) is 5.69 Å². The van der Waals surface area contributed by atoms with Crippen molar-refractivity contribution in [2.24, 2.45) is 5.41 Å². The molecule has 0 aromatic carbocycles. The number of carbonyl (C=O) groups excluding carboxylic acids is 1. The van der Waals surface area contributed by atoms with Crippen LogP contribution in [-0.4, -0.2) is 16.8 Å². The Hall–Kier alpha value is -1.09. The minimum atomic E-state index is -0.558. The minimum absolute atomic E-state index is 0.0968. The first-order valence-corrected chi connectivity index (χ1v) is 4.87. The lowest BCUT2D eigenvalue weighted by molar-refractivity contribution is -0.122. The number of anilines is 1. The maximum atomic E-state index is 11.6. The first kappa shape index (κ1) is 11.0. The van der Waals surface area contributed by atoms with Gasteiger partial charge in [-0.2, -0.15) is 0 Å². The molecule has 1 amide bonds. The monoisotopic (exact) mass is 212 g/mol. The van der Waals surface area contributed by atoms with Crippen LogP contribution in [-0.2, 0) is 4.79 Å². The zero-order chi connectivity index (χ0) is 10.6. The van der Waals surface area contributed by atoms with E-state index >= 15 is 0 Å². The lowest BCUT2D eigenvalue weighted by Crippen LogP contribution is -2.32. The van der Waals surface area contributed by atoms with Gasteiger partial charge in [-0.05, 0) is 26.0 Å². The van der Waals surface area contributed by atoms with Gasteiger partial charge in [-0.15, -0.1) is 11.6 Å². The summed E-state index contributed by atoms with van der Waals surface area (Å²) < 4.78 is 0. The fourth-order valence-corrected chi connectivity index (χ4v) is 0.919. The molecular weight excluding hydrogens is 200 g/mol. The van der Waals surface area contributed by atoms with Gasteiger partial charge in [0.2, 0.25) is 5.91 Å². The van der Waals surface area contributed by atoms with E-state index in [0.717, 1.165) is 0 Å². The molecule has 3 nitrogen and oxygen atoms in total. The molecule has 1 aromatic heterocycles. The topological polar surface area (TPSA) is 42.0 Å². The van der Waals surface area contributed by atoms with Gasteiger partial charge >= 0.3 is 0 Å². The molecule has 0 radical (unpaired) electrons. The molecule has 1 N–H and O–H groups in total. The molecule has 0 bridgehead atoms. The van der Waals surface area contributed by atoms with E-state index in [-0.39, 0.29) is 5.91 Å². The van der Waals surface area contributed by atoms with E-state index in [1.807, 2.05) is 0 Å². The van der Waals surface area contributed by atoms with E-state index in [1.54, 1.807) is 38.4 Å². The minimum Gasteiger partial charge on any atom is -0.324 e. The standard InChI is InChI=1S/C10H13ClN2O/c1-10(2,7-11)9(14)13-8-4-3-5-12-6-8/h3-6H,7H2,1-2H3,(H,13,14). The van der Waals surface area contributed by atoms with Crippen LogP contribution in [0.3, 0.4) is 0 Å². The van der Waals surface area contributed by atoms with Gasteiger partial charge in [-0.25, -0.2) is 0 Å². The molecule has 0 saturated heterocycles. The van der Waals surface area contributed by atoms with Crippen molar-refractivity contribution in [3.63, 3.8) is 0 Å². The van der Waals surface area contributed by atoms with Gasteiger partial charge in [0.15, 0.2) is 0 Å². The van der Waals surface area contributed by atoms with Crippen LogP contribution in [0, 0.1) is 5.41 Å². The highest BCUT2D eigenvalue weighted by molar-refractivity contribution is 6.20. The fraction of sp³-hybridized carbons (Fsp3) is 0.400. The summed E-state index contributed by atoms with van der Waals surface area (Å²) in [6.45, 7) is 3.59. The molecule has 0 aliphatic carbocycles. The smallest absolute Gasteiger partial charge is 0.231 e. The summed E-state index contributed by atoms with van der Waals surface area (Å²) in [5.74, 6) is 0.194. The Morgan fingerprint density at radius 3 is 2.86 bits per heavy atom. The van der Waals surface area contributed by atoms with Crippen LogP contribution < -0.4 is 5.32 Å². The van der Waals surface area contributed by atoms with Crippen LogP contribution in [0.1, 0.15) is 13.8 Å². The van der Waals surface area contributed by atoms with Gasteiger partial charge < -0.3 is 5.32 Å². The highest BCUT2D eigenvalue weighted by Crippen LogP contribution is 2.19. The van der Waals surface area contributed by atoms with E-state index in [9.17, 15) is 4.79 Å². The Kier molecular flexibility index (Phi) is 3.47. The maximum Gasteiger partial charge on any atom is 0.231 e. The van der Waals surface area contributed by atoms with E-state index in [4.69, 9.17) is 11.6 Å². The Labute approximate surface area is 88.5 Å². The summed E-state index contributed by atoms with van der Waals surface area (Å²) in [5.41, 5.74) is 0.132. The third-order valence-corrected chi connectivity index (χ3v) is 2.54. The number of aromatic nitrogens is 1. The highest BCUT2D eigenvalue weighted by atomic mass is 35.5. The van der Waals surface area contributed by atoms with Crippen molar-refractivity contribution in [3.05, 3.63) is 24.5 Å². The summed E-state index contributed by atoms with van der Waals surface area (Å²) in [5, 5.41) is 2.75. The van der Waals surface area contributed by atoms with Gasteiger partial charge in [0.1, 0.15) is 0 Å². The van der Waals surface area contributed by atoms with Crippen molar-refractivity contribution < 1.29 is 4.79 Å². The van der Waals surface area contributed by atoms with Crippen molar-refractivity contribution in [1.29, 1.82) is 0 Å². The molecule has 4 heteroatoms. The maximum absolute atomic E-state index is 11.6. The van der Waals surface area contributed by atoms with Crippen molar-refractivity contribution >= 4 is 23.2 Å². The average molecular weight is 213 g/mol. The summed E-state index contributed by atoms with van der Waals surface area (Å²) in [6, 6.07) is 3.55. The van der Waals surface area contributed by atoms with Gasteiger partial charge in [-0.1, -0.05) is 0 Å². The molecule has 0 unspecified atom stereocenters. The molecule has 14 heavy (non-hydrogen) atoms. The fourth-order valence-electron chi connectivity index (χ4n) is 0.798. The molecule has 1 rings (SSSR count). The summed E-state index contributed by atoms with van der Waals surface area (Å²) in [6.07, 6.45) is 3.25. The third-order valence-electron chi connectivity index (χ3n) is 1.87. The number of amides is 1. The number of nitrogens with one attached hydrogen (secondary N) is 1. The molecule has 76 valence electrons. The van der Waals surface area contributed by atoms with Crippen LogP contribution in [0.15, 0.2) is 24.5 Å². The van der Waals surface area contributed by atoms with Crippen molar-refractivity contribution in [1.82, 2.24) is 4.98 Å². The number of alkyl halides is 1. The largest absolute Gasteiger partial charge is 0.324 e. The van der Waals surface area contributed by atoms with Crippen molar-refractivity contribution in [2.45, 2.75) is 13.8 Å². The number of rotatable bonds is 3. The number of pyridine rings is 1. The normalized spacial score (nSPS) is 11.1. The Balaban J connectivity index is 2.67. The molecular formula is C10H13ClN2O. The predicted octanol–water partition coefficient (Wildman–Crippen LogP) is 2.29. The highest BCUT2D eigenvalue weighted by Gasteiger charge is 2.26. The number of hydrogen-bond acceptors (Lipinski definition) is 2. The van der Waals surface area contributed by atoms with Gasteiger partial charge in [0.25, 0.3) is 0 Å². The molecule has 0 aliphatic rings. The second-order valence-corrected chi connectivity index (χ2v) is 3.98. The van der Waals surface area contributed by atoms with Crippen molar-refractivity contribution in [2.75, 3.05) is 11.2 Å². The number of halogens is 1. The zero-order valence-corrected chi connectivity index (χ0v) is 9.01. The first-order chi connectivity index (χ1) is 6.56. The van der Waals surface area contributed by atoms with E-state index in [2.05, 4.69) is 10.3 Å². The second-order valence-electron chi connectivity index (χ2n) is 3.71. The van der Waals surface area contributed by atoms with E-state index < -0.39 is 5.41 Å². The SMILES string of the molecule is CC(C)(CCl)C(=O)Nc1cccnc1. The Bertz CT molecular complexity index is 311. The Morgan fingerprint density at radius 2 is 2.36 bits per heavy atom. The van der Waals surface area contributed by atoms with Crippen LogP contribution >= 0.6 is 11.6 Å². The summed E-state index contributed by atoms with van der Waals surface area (Å²) >= 11 is 5.68. The first-order valence-electron chi connectivity index (χ1n) is 4.34. The van der Waals surface area contributed by atoms with E-state index in [0.29, 0.717) is 11.6 Å². The molecule has 0 saturated carbocycles. The number of hydrogen-bond donors (Lipinski definition) is 1. The van der Waals surface area contributed by atoms with Gasteiger partial charge in [0.05, 0.1) is 17.3 Å². The molecule has 0 spiro atoms. The molecule has 0 fully saturated rings. The van der Waals surface area contributed by atoms with Crippen molar-refractivity contribution in [3.8, 4) is 0 Å². The lowest BCUT2D eigenvalue weighted by atomic mass is 9.95. The number of nitrogens with zero attached hydrogens (tertiary/aromatic N) is 1. The van der Waals surface area contributed by atoms with Crippen LogP contribution in [0.2, 0.25) is 0 Å². The van der Waals surface area contributed by atoms with Gasteiger partial charge in [0, 0.05) is 12.1 Å². The predicted molar refractivity (Wildman–Crippen MR) is 57.4 cm³/mol. The van der Waals surface area contributed by atoms with Crippen LogP contribution in [0.25, 0.3) is 0 Å².